The molecule has 14 aliphatic rings. The van der Waals surface area contributed by atoms with Crippen molar-refractivity contribution < 1.29 is 9.47 Å². The van der Waals surface area contributed by atoms with Crippen molar-refractivity contribution in [3.8, 4) is 0 Å². The number of rotatable bonds is 0. The van der Waals surface area contributed by atoms with E-state index in [4.69, 9.17) is 9.47 Å². The zero-order valence-electron chi connectivity index (χ0n) is 12.7. The Morgan fingerprint density at radius 2 is 0.792 bits per heavy atom. The molecule has 12 atom stereocenters. The van der Waals surface area contributed by atoms with Crippen LogP contribution in [0.1, 0.15) is 0 Å². The molecule has 0 aromatic carbocycles. The SMILES string of the molecule is BrC12C3C4C5C6C3C37OC38C6C3C5C56OC45C1C1C(C27)C8C3(Br)C16. The summed E-state index contributed by atoms with van der Waals surface area (Å²) in [6.45, 7) is 0. The molecule has 0 radical (unpaired) electrons. The quantitative estimate of drug-likeness (QED) is 0.421. The summed E-state index contributed by atoms with van der Waals surface area (Å²) < 4.78 is 15.1. The lowest BCUT2D eigenvalue weighted by Crippen LogP contribution is -2.41. The second-order valence-electron chi connectivity index (χ2n) is 12.4. The molecule has 0 aromatic rings. The van der Waals surface area contributed by atoms with Crippen LogP contribution in [0.2, 0.25) is 0 Å². The first-order valence-electron chi connectivity index (χ1n) is 10.4. The summed E-state index contributed by atoms with van der Waals surface area (Å²) in [6.07, 6.45) is 0. The molecule has 12 saturated carbocycles. The van der Waals surface area contributed by atoms with Crippen molar-refractivity contribution in [2.75, 3.05) is 0 Å². The molecule has 14 rings (SSSR count). The molecule has 14 fully saturated rings. The lowest BCUT2D eigenvalue weighted by molar-refractivity contribution is -0.00527. The fourth-order valence-corrected chi connectivity index (χ4v) is 19.8. The molecule has 12 unspecified atom stereocenters. The van der Waals surface area contributed by atoms with Crippen LogP contribution in [0.25, 0.3) is 0 Å². The Morgan fingerprint density at radius 1 is 0.458 bits per heavy atom. The van der Waals surface area contributed by atoms with Crippen molar-refractivity contribution in [3.05, 3.63) is 0 Å². The van der Waals surface area contributed by atoms with Crippen LogP contribution in [0.15, 0.2) is 0 Å². The highest BCUT2D eigenvalue weighted by Gasteiger charge is 3.22. The maximum absolute atomic E-state index is 7.12. The van der Waals surface area contributed by atoms with Crippen LogP contribution >= 0.6 is 31.9 Å². The van der Waals surface area contributed by atoms with Gasteiger partial charge in [-0.15, -0.1) is 0 Å². The molecular weight excluding hydrogens is 432 g/mol. The smallest absolute Gasteiger partial charge is 0.106 e. The zero-order chi connectivity index (χ0) is 14.5. The molecule has 4 spiro atoms. The van der Waals surface area contributed by atoms with Gasteiger partial charge in [-0.25, -0.2) is 0 Å². The Hall–Kier alpha value is 0.880. The summed E-state index contributed by atoms with van der Waals surface area (Å²) in [5.41, 5.74) is 1.40. The van der Waals surface area contributed by atoms with Gasteiger partial charge in [0.2, 0.25) is 0 Å². The zero-order valence-corrected chi connectivity index (χ0v) is 15.8. The van der Waals surface area contributed by atoms with Gasteiger partial charge in [-0.1, -0.05) is 31.9 Å². The van der Waals surface area contributed by atoms with E-state index < -0.39 is 0 Å². The summed E-state index contributed by atoms with van der Waals surface area (Å²) in [6, 6.07) is 0. The summed E-state index contributed by atoms with van der Waals surface area (Å²) in [5.74, 6) is 13.0. The predicted octanol–water partition coefficient (Wildman–Crippen LogP) is 2.05. The van der Waals surface area contributed by atoms with E-state index in [9.17, 15) is 0 Å². The molecule has 2 nitrogen and oxygen atoms in total. The fourth-order valence-electron chi connectivity index (χ4n) is 16.1. The van der Waals surface area contributed by atoms with Gasteiger partial charge < -0.3 is 9.47 Å². The maximum atomic E-state index is 7.12. The summed E-state index contributed by atoms with van der Waals surface area (Å²) in [7, 11) is 0. The molecule has 12 aliphatic carbocycles. The number of hydrogen-bond acceptors (Lipinski definition) is 2. The number of ether oxygens (including phenoxy) is 2. The number of epoxide rings is 2. The van der Waals surface area contributed by atoms with Gasteiger partial charge in [0.25, 0.3) is 0 Å². The molecule has 120 valence electrons. The summed E-state index contributed by atoms with van der Waals surface area (Å²) >= 11 is 9.15. The first kappa shape index (κ1) is 10.4. The van der Waals surface area contributed by atoms with E-state index in [1.807, 2.05) is 0 Å². The van der Waals surface area contributed by atoms with Gasteiger partial charge in [0.05, 0.1) is 0 Å². The van der Waals surface area contributed by atoms with E-state index in [1.165, 1.54) is 0 Å². The lowest BCUT2D eigenvalue weighted by atomic mass is 9.75. The lowest BCUT2D eigenvalue weighted by Gasteiger charge is -2.36. The molecule has 2 aliphatic heterocycles. The minimum Gasteiger partial charge on any atom is -0.361 e. The Balaban J connectivity index is 1.44. The van der Waals surface area contributed by atoms with E-state index >= 15 is 0 Å². The van der Waals surface area contributed by atoms with E-state index in [0.29, 0.717) is 31.1 Å². The van der Waals surface area contributed by atoms with E-state index in [0.717, 1.165) is 82.9 Å². The highest BCUT2D eigenvalue weighted by molar-refractivity contribution is 9.10. The molecule has 4 heteroatoms. The second-order valence-corrected chi connectivity index (χ2v) is 15.2. The predicted molar refractivity (Wildman–Crippen MR) is 85.3 cm³/mol. The van der Waals surface area contributed by atoms with E-state index in [2.05, 4.69) is 31.9 Å². The van der Waals surface area contributed by atoms with Crippen LogP contribution in [-0.4, -0.2) is 31.1 Å². The van der Waals surface area contributed by atoms with Crippen molar-refractivity contribution in [1.29, 1.82) is 0 Å². The number of hydrogen-bond donors (Lipinski definition) is 0. The molecule has 0 amide bonds. The van der Waals surface area contributed by atoms with Crippen molar-refractivity contribution in [1.82, 2.24) is 0 Å². The third kappa shape index (κ3) is 0.393. The minimum atomic E-state index is 0.351. The van der Waals surface area contributed by atoms with Gasteiger partial charge >= 0.3 is 0 Å². The number of alkyl halides is 2. The topological polar surface area (TPSA) is 25.1 Å². The van der Waals surface area contributed by atoms with Gasteiger partial charge in [-0.2, -0.15) is 0 Å². The largest absolute Gasteiger partial charge is 0.361 e. The average Bonchev–Trinajstić information content (AvgIpc) is 3.04. The third-order valence-corrected chi connectivity index (χ3v) is 17.2. The second kappa shape index (κ2) is 1.91. The highest BCUT2D eigenvalue weighted by Crippen LogP contribution is 3.14. The monoisotopic (exact) mass is 444 g/mol. The molecule has 0 bridgehead atoms. The number of halogens is 2. The molecule has 2 heterocycles. The maximum Gasteiger partial charge on any atom is 0.106 e. The van der Waals surface area contributed by atoms with Gasteiger partial charge in [-0.3, -0.25) is 0 Å². The van der Waals surface area contributed by atoms with Crippen molar-refractivity contribution in [2.45, 2.75) is 31.1 Å². The van der Waals surface area contributed by atoms with E-state index in [1.54, 1.807) is 0 Å². The molecule has 24 heavy (non-hydrogen) atoms. The minimum absolute atomic E-state index is 0.351. The van der Waals surface area contributed by atoms with Gasteiger partial charge in [0.1, 0.15) is 22.4 Å². The average molecular weight is 446 g/mol. The van der Waals surface area contributed by atoms with Crippen LogP contribution in [0.4, 0.5) is 0 Å². The summed E-state index contributed by atoms with van der Waals surface area (Å²) in [4.78, 5) is 0. The molecule has 0 N–H and O–H groups in total. The van der Waals surface area contributed by atoms with Crippen LogP contribution in [0.3, 0.4) is 0 Å². The Bertz CT molecular complexity index is 883. The molecular formula is C20H14Br2O2. The van der Waals surface area contributed by atoms with Crippen LogP contribution in [-0.2, 0) is 9.47 Å². The standard InChI is InChI=1S/C20H14Br2O2/c21-15-9-5-1-2-7(9)19-13(15)4-3-11(15)17(5)18(23-17)6(1)10-8(2)20(19,24-19)14(4)16(10,22)12(3)18/h1-14H. The van der Waals surface area contributed by atoms with Gasteiger partial charge in [-0.05, 0) is 59.2 Å². The van der Waals surface area contributed by atoms with Gasteiger partial charge in [0.15, 0.2) is 0 Å². The normalized spacial score (nSPS) is 113. The molecule has 0 aromatic heterocycles. The van der Waals surface area contributed by atoms with Crippen LogP contribution in [0, 0.1) is 82.9 Å². The van der Waals surface area contributed by atoms with Crippen LogP contribution < -0.4 is 0 Å². The van der Waals surface area contributed by atoms with Gasteiger partial charge in [0, 0.05) is 32.3 Å². The summed E-state index contributed by atoms with van der Waals surface area (Å²) in [5, 5.41) is 0. The van der Waals surface area contributed by atoms with E-state index in [-0.39, 0.29) is 0 Å². The van der Waals surface area contributed by atoms with Crippen molar-refractivity contribution >= 4 is 31.9 Å². The first-order chi connectivity index (χ1) is 11.6. The van der Waals surface area contributed by atoms with Crippen molar-refractivity contribution in [3.63, 3.8) is 0 Å². The highest BCUT2D eigenvalue weighted by atomic mass is 79.9. The Labute approximate surface area is 155 Å². The Morgan fingerprint density at radius 3 is 1.12 bits per heavy atom. The molecule has 2 saturated heterocycles. The Kier molecular flexibility index (Phi) is 0.831. The van der Waals surface area contributed by atoms with Crippen LogP contribution in [0.5, 0.6) is 0 Å². The fraction of sp³-hybridized carbons (Fsp3) is 1.00. The third-order valence-electron chi connectivity index (χ3n) is 14.2. The first-order valence-corrected chi connectivity index (χ1v) is 12.0. The van der Waals surface area contributed by atoms with Crippen molar-refractivity contribution in [2.24, 2.45) is 82.9 Å².